The first-order valence-corrected chi connectivity index (χ1v) is 7.57. The number of carbonyl (C=O) groups is 1. The summed E-state index contributed by atoms with van der Waals surface area (Å²) in [7, 11) is 0. The lowest BCUT2D eigenvalue weighted by Gasteiger charge is -2.44. The molecule has 114 valence electrons. The van der Waals surface area contributed by atoms with E-state index in [0.29, 0.717) is 11.5 Å². The van der Waals surface area contributed by atoms with E-state index < -0.39 is 12.2 Å². The van der Waals surface area contributed by atoms with Gasteiger partial charge in [-0.2, -0.15) is 0 Å². The van der Waals surface area contributed by atoms with Crippen LogP contribution in [0.3, 0.4) is 0 Å². The molecule has 3 heterocycles. The summed E-state index contributed by atoms with van der Waals surface area (Å²) in [4.78, 5) is 14.4. The molecule has 0 aromatic heterocycles. The van der Waals surface area contributed by atoms with Crippen LogP contribution in [0, 0.1) is 11.7 Å². The third-order valence-electron chi connectivity index (χ3n) is 4.59. The molecular formula is C16H21FN2O2. The van der Waals surface area contributed by atoms with Crippen LogP contribution in [0.15, 0.2) is 24.3 Å². The molecule has 1 N–H and O–H groups in total. The normalized spacial score (nSPS) is 29.0. The van der Waals surface area contributed by atoms with Crippen molar-refractivity contribution in [3.63, 3.8) is 0 Å². The van der Waals surface area contributed by atoms with Crippen molar-refractivity contribution >= 4 is 6.09 Å². The van der Waals surface area contributed by atoms with Gasteiger partial charge in [-0.25, -0.2) is 9.18 Å². The fraction of sp³-hybridized carbons (Fsp3) is 0.562. The van der Waals surface area contributed by atoms with Crippen LogP contribution in [0.25, 0.3) is 0 Å². The van der Waals surface area contributed by atoms with Crippen LogP contribution in [0.4, 0.5) is 9.18 Å². The van der Waals surface area contributed by atoms with Crippen LogP contribution in [0.5, 0.6) is 0 Å². The Morgan fingerprint density at radius 2 is 2.10 bits per heavy atom. The largest absolute Gasteiger partial charge is 0.442 e. The van der Waals surface area contributed by atoms with Crippen LogP contribution in [0.1, 0.15) is 31.4 Å². The van der Waals surface area contributed by atoms with Crippen molar-refractivity contribution in [2.24, 2.45) is 5.92 Å². The molecule has 2 atom stereocenters. The molecule has 2 bridgehead atoms. The maximum absolute atomic E-state index is 13.7. The van der Waals surface area contributed by atoms with Crippen molar-refractivity contribution in [2.75, 3.05) is 19.6 Å². The van der Waals surface area contributed by atoms with Crippen LogP contribution >= 0.6 is 0 Å². The summed E-state index contributed by atoms with van der Waals surface area (Å²) in [6.07, 6.45) is 1.22. The van der Waals surface area contributed by atoms with Gasteiger partial charge in [0.1, 0.15) is 11.9 Å². The molecule has 4 nitrogen and oxygen atoms in total. The number of piperidine rings is 3. The smallest absolute Gasteiger partial charge is 0.408 e. The Bertz CT molecular complexity index is 515. The summed E-state index contributed by atoms with van der Waals surface area (Å²) >= 11 is 0. The van der Waals surface area contributed by atoms with E-state index in [2.05, 4.69) is 10.2 Å². The predicted molar refractivity (Wildman–Crippen MR) is 77.4 cm³/mol. The lowest BCUT2D eigenvalue weighted by atomic mass is 9.84. The quantitative estimate of drug-likeness (QED) is 0.931. The fourth-order valence-electron chi connectivity index (χ4n) is 3.34. The lowest BCUT2D eigenvalue weighted by molar-refractivity contribution is 0.0563. The van der Waals surface area contributed by atoms with Crippen molar-refractivity contribution < 1.29 is 13.9 Å². The number of rotatable bonds is 3. The molecule has 3 aliphatic heterocycles. The van der Waals surface area contributed by atoms with Gasteiger partial charge < -0.3 is 15.0 Å². The van der Waals surface area contributed by atoms with Crippen LogP contribution in [-0.2, 0) is 4.74 Å². The highest BCUT2D eigenvalue weighted by Crippen LogP contribution is 2.28. The second kappa shape index (κ2) is 6.02. The number of fused-ring (bicyclic) bond motifs is 3. The number of benzene rings is 1. The molecule has 0 radical (unpaired) electrons. The fourth-order valence-corrected chi connectivity index (χ4v) is 3.34. The molecule has 1 amide bonds. The SMILES string of the molecule is C[C@H](OC(=O)N[C@H]1CN2CCC1CC2)c1ccccc1F. The maximum Gasteiger partial charge on any atom is 0.408 e. The van der Waals surface area contributed by atoms with E-state index >= 15 is 0 Å². The van der Waals surface area contributed by atoms with Crippen LogP contribution < -0.4 is 5.32 Å². The Balaban J connectivity index is 1.56. The monoisotopic (exact) mass is 292 g/mol. The molecule has 3 fully saturated rings. The lowest BCUT2D eigenvalue weighted by Crippen LogP contribution is -2.57. The number of halogens is 1. The minimum Gasteiger partial charge on any atom is -0.442 e. The number of hydrogen-bond donors (Lipinski definition) is 1. The minimum absolute atomic E-state index is 0.160. The Kier molecular flexibility index (Phi) is 4.10. The number of nitrogens with one attached hydrogen (secondary N) is 1. The number of hydrogen-bond acceptors (Lipinski definition) is 3. The standard InChI is InChI=1S/C16H21FN2O2/c1-11(13-4-2-3-5-14(13)17)21-16(20)18-15-10-19-8-6-12(15)7-9-19/h2-5,11-12,15H,6-10H2,1H3,(H,18,20)/t11-,15-/m0/s1. The van der Waals surface area contributed by atoms with Gasteiger partial charge in [-0.05, 0) is 44.8 Å². The zero-order valence-electron chi connectivity index (χ0n) is 12.2. The molecule has 0 aliphatic carbocycles. The maximum atomic E-state index is 13.7. The van der Waals surface area contributed by atoms with Gasteiger partial charge in [-0.1, -0.05) is 18.2 Å². The molecule has 3 saturated heterocycles. The van der Waals surface area contributed by atoms with E-state index in [4.69, 9.17) is 4.74 Å². The minimum atomic E-state index is -0.590. The van der Waals surface area contributed by atoms with Crippen molar-refractivity contribution in [3.8, 4) is 0 Å². The van der Waals surface area contributed by atoms with Crippen LogP contribution in [-0.4, -0.2) is 36.7 Å². The number of nitrogens with zero attached hydrogens (tertiary/aromatic N) is 1. The summed E-state index contributed by atoms with van der Waals surface area (Å²) in [5, 5.41) is 2.95. The molecule has 1 aromatic carbocycles. The first kappa shape index (κ1) is 14.3. The van der Waals surface area contributed by atoms with Gasteiger partial charge >= 0.3 is 6.09 Å². The molecule has 1 aromatic rings. The summed E-state index contributed by atoms with van der Waals surface area (Å²) in [6.45, 7) is 4.84. The van der Waals surface area contributed by atoms with E-state index in [-0.39, 0.29) is 11.9 Å². The van der Waals surface area contributed by atoms with Gasteiger partial charge in [-0.15, -0.1) is 0 Å². The number of ether oxygens (including phenoxy) is 1. The highest BCUT2D eigenvalue weighted by Gasteiger charge is 2.35. The van der Waals surface area contributed by atoms with Gasteiger partial charge in [0.25, 0.3) is 0 Å². The molecule has 0 unspecified atom stereocenters. The van der Waals surface area contributed by atoms with E-state index in [1.165, 1.54) is 6.07 Å². The number of alkyl carbamates (subject to hydrolysis) is 1. The highest BCUT2D eigenvalue weighted by molar-refractivity contribution is 5.68. The van der Waals surface area contributed by atoms with Gasteiger partial charge in [-0.3, -0.25) is 0 Å². The molecule has 3 aliphatic rings. The molecule has 0 spiro atoms. The van der Waals surface area contributed by atoms with E-state index in [1.807, 2.05) is 0 Å². The summed E-state index contributed by atoms with van der Waals surface area (Å²) in [6, 6.07) is 6.54. The topological polar surface area (TPSA) is 41.6 Å². The average molecular weight is 292 g/mol. The highest BCUT2D eigenvalue weighted by atomic mass is 19.1. The number of carbonyl (C=O) groups excluding carboxylic acids is 1. The van der Waals surface area contributed by atoms with Crippen molar-refractivity contribution in [3.05, 3.63) is 35.6 Å². The first-order valence-electron chi connectivity index (χ1n) is 7.57. The predicted octanol–water partition coefficient (Wildman–Crippen LogP) is 2.71. The van der Waals surface area contributed by atoms with E-state index in [9.17, 15) is 9.18 Å². The van der Waals surface area contributed by atoms with E-state index in [0.717, 1.165) is 32.5 Å². The van der Waals surface area contributed by atoms with Crippen LogP contribution in [0.2, 0.25) is 0 Å². The van der Waals surface area contributed by atoms with Crippen molar-refractivity contribution in [1.29, 1.82) is 0 Å². The van der Waals surface area contributed by atoms with Gasteiger partial charge in [0.05, 0.1) is 0 Å². The molecular weight excluding hydrogens is 271 g/mol. The van der Waals surface area contributed by atoms with Gasteiger partial charge in [0.15, 0.2) is 0 Å². The summed E-state index contributed by atoms with van der Waals surface area (Å²) in [5.74, 6) is 0.201. The van der Waals surface area contributed by atoms with Gasteiger partial charge in [0.2, 0.25) is 0 Å². The summed E-state index contributed by atoms with van der Waals surface area (Å²) < 4.78 is 19.0. The molecule has 5 heteroatoms. The second-order valence-corrected chi connectivity index (χ2v) is 5.96. The molecule has 0 saturated carbocycles. The zero-order valence-corrected chi connectivity index (χ0v) is 12.2. The third-order valence-corrected chi connectivity index (χ3v) is 4.59. The number of amides is 1. The molecule has 21 heavy (non-hydrogen) atoms. The summed E-state index contributed by atoms with van der Waals surface area (Å²) in [5.41, 5.74) is 0.404. The first-order chi connectivity index (χ1) is 10.1. The Labute approximate surface area is 124 Å². The molecule has 4 rings (SSSR count). The van der Waals surface area contributed by atoms with E-state index in [1.54, 1.807) is 25.1 Å². The second-order valence-electron chi connectivity index (χ2n) is 5.96. The third kappa shape index (κ3) is 3.18. The average Bonchev–Trinajstić information content (AvgIpc) is 2.48. The Morgan fingerprint density at radius 3 is 2.71 bits per heavy atom. The van der Waals surface area contributed by atoms with Gasteiger partial charge in [0, 0.05) is 18.2 Å². The van der Waals surface area contributed by atoms with Crippen molar-refractivity contribution in [1.82, 2.24) is 10.2 Å². The zero-order chi connectivity index (χ0) is 14.8. The Hall–Kier alpha value is -1.62. The van der Waals surface area contributed by atoms with Crippen molar-refractivity contribution in [2.45, 2.75) is 31.9 Å². The Morgan fingerprint density at radius 1 is 1.38 bits per heavy atom.